The molecule has 78 valence electrons. The van der Waals surface area contributed by atoms with Crippen molar-refractivity contribution in [2.75, 3.05) is 27.2 Å². The predicted octanol–water partition coefficient (Wildman–Crippen LogP) is 0.481. The van der Waals surface area contributed by atoms with Gasteiger partial charge in [-0.05, 0) is 19.7 Å². The van der Waals surface area contributed by atoms with Crippen LogP contribution in [0.4, 0.5) is 0 Å². The van der Waals surface area contributed by atoms with E-state index in [1.807, 2.05) is 26.2 Å². The zero-order valence-corrected chi connectivity index (χ0v) is 8.73. The van der Waals surface area contributed by atoms with Gasteiger partial charge in [-0.2, -0.15) is 0 Å². The van der Waals surface area contributed by atoms with Crippen LogP contribution in [0, 0.1) is 0 Å². The van der Waals surface area contributed by atoms with Gasteiger partial charge in [-0.15, -0.1) is 0 Å². The Bertz CT molecular complexity index is 259. The first-order chi connectivity index (χ1) is 6.72. The number of hydrogen-bond donors (Lipinski definition) is 1. The van der Waals surface area contributed by atoms with Crippen molar-refractivity contribution in [3.63, 3.8) is 0 Å². The van der Waals surface area contributed by atoms with Crippen molar-refractivity contribution < 1.29 is 4.74 Å². The van der Waals surface area contributed by atoms with Crippen molar-refractivity contribution in [2.24, 2.45) is 5.73 Å². The Kier molecular flexibility index (Phi) is 4.35. The van der Waals surface area contributed by atoms with Crippen LogP contribution in [-0.2, 0) is 6.54 Å². The minimum atomic E-state index is 0.519. The van der Waals surface area contributed by atoms with Gasteiger partial charge >= 0.3 is 0 Å². The number of rotatable bonds is 5. The van der Waals surface area contributed by atoms with Crippen molar-refractivity contribution in [3.05, 3.63) is 23.9 Å². The van der Waals surface area contributed by atoms with Crippen molar-refractivity contribution in [1.29, 1.82) is 0 Å². The molecule has 0 radical (unpaired) electrons. The Hall–Kier alpha value is -1.13. The molecule has 1 aromatic heterocycles. The van der Waals surface area contributed by atoms with Crippen LogP contribution in [0.25, 0.3) is 0 Å². The van der Waals surface area contributed by atoms with Gasteiger partial charge in [0.1, 0.15) is 6.61 Å². The normalized spacial score (nSPS) is 10.6. The molecule has 0 spiro atoms. The molecule has 0 saturated carbocycles. The molecule has 0 saturated heterocycles. The van der Waals surface area contributed by atoms with Gasteiger partial charge in [0.15, 0.2) is 0 Å². The van der Waals surface area contributed by atoms with Crippen LogP contribution in [0.5, 0.6) is 5.88 Å². The van der Waals surface area contributed by atoms with E-state index in [1.54, 1.807) is 6.20 Å². The van der Waals surface area contributed by atoms with Crippen molar-refractivity contribution in [2.45, 2.75) is 6.54 Å². The number of likely N-dealkylation sites (N-methyl/N-ethyl adjacent to an activating group) is 1. The molecule has 4 nitrogen and oxygen atoms in total. The molecule has 0 fully saturated rings. The largest absolute Gasteiger partial charge is 0.476 e. The topological polar surface area (TPSA) is 51.4 Å². The van der Waals surface area contributed by atoms with E-state index in [1.165, 1.54) is 0 Å². The summed E-state index contributed by atoms with van der Waals surface area (Å²) in [7, 11) is 4.02. The highest BCUT2D eigenvalue weighted by Gasteiger charge is 1.96. The Balaban J connectivity index is 2.36. The lowest BCUT2D eigenvalue weighted by atomic mass is 10.3. The van der Waals surface area contributed by atoms with E-state index in [4.69, 9.17) is 10.5 Å². The third kappa shape index (κ3) is 3.72. The van der Waals surface area contributed by atoms with Gasteiger partial charge in [-0.3, -0.25) is 0 Å². The van der Waals surface area contributed by atoms with Gasteiger partial charge in [0.2, 0.25) is 5.88 Å². The molecule has 1 aromatic rings. The van der Waals surface area contributed by atoms with E-state index in [0.717, 1.165) is 12.1 Å². The summed E-state index contributed by atoms with van der Waals surface area (Å²) in [6.07, 6.45) is 1.74. The summed E-state index contributed by atoms with van der Waals surface area (Å²) in [5, 5.41) is 0. The second kappa shape index (κ2) is 5.57. The lowest BCUT2D eigenvalue weighted by Gasteiger charge is -2.10. The Morgan fingerprint density at radius 1 is 1.43 bits per heavy atom. The summed E-state index contributed by atoms with van der Waals surface area (Å²) < 4.78 is 5.42. The molecule has 0 aromatic carbocycles. The SMILES string of the molecule is CN(C)CCOc1ccc(CN)cn1. The fraction of sp³-hybridized carbons (Fsp3) is 0.500. The van der Waals surface area contributed by atoms with Crippen LogP contribution in [0.15, 0.2) is 18.3 Å². The first-order valence-corrected chi connectivity index (χ1v) is 4.65. The van der Waals surface area contributed by atoms with Crippen LogP contribution in [0.2, 0.25) is 0 Å². The molecule has 0 atom stereocenters. The minimum absolute atomic E-state index is 0.519. The maximum absolute atomic E-state index is 5.45. The van der Waals surface area contributed by atoms with Gasteiger partial charge in [0, 0.05) is 25.4 Å². The average Bonchev–Trinajstić information content (AvgIpc) is 2.18. The molecule has 0 amide bonds. The van der Waals surface area contributed by atoms with Crippen molar-refractivity contribution in [1.82, 2.24) is 9.88 Å². The number of nitrogens with two attached hydrogens (primary N) is 1. The molecule has 4 heteroatoms. The average molecular weight is 195 g/mol. The molecule has 0 aliphatic heterocycles. The van der Waals surface area contributed by atoms with Crippen LogP contribution in [0.3, 0.4) is 0 Å². The molecule has 14 heavy (non-hydrogen) atoms. The third-order valence-corrected chi connectivity index (χ3v) is 1.82. The maximum atomic E-state index is 5.45. The second-order valence-corrected chi connectivity index (χ2v) is 3.36. The first-order valence-electron chi connectivity index (χ1n) is 4.65. The monoisotopic (exact) mass is 195 g/mol. The molecule has 2 N–H and O–H groups in total. The molecular formula is C10H17N3O. The highest BCUT2D eigenvalue weighted by Crippen LogP contribution is 2.06. The predicted molar refractivity (Wildman–Crippen MR) is 56.2 cm³/mol. The van der Waals surface area contributed by atoms with E-state index in [2.05, 4.69) is 9.88 Å². The summed E-state index contributed by atoms with van der Waals surface area (Å²) >= 11 is 0. The zero-order chi connectivity index (χ0) is 10.4. The summed E-state index contributed by atoms with van der Waals surface area (Å²) in [4.78, 5) is 6.19. The molecule has 1 rings (SSSR count). The Morgan fingerprint density at radius 2 is 2.21 bits per heavy atom. The number of aromatic nitrogens is 1. The smallest absolute Gasteiger partial charge is 0.213 e. The summed E-state index contributed by atoms with van der Waals surface area (Å²) in [5.74, 6) is 0.657. The van der Waals surface area contributed by atoms with Gasteiger partial charge in [0.25, 0.3) is 0 Å². The van der Waals surface area contributed by atoms with E-state index in [-0.39, 0.29) is 0 Å². The van der Waals surface area contributed by atoms with Crippen LogP contribution >= 0.6 is 0 Å². The number of hydrogen-bond acceptors (Lipinski definition) is 4. The fourth-order valence-electron chi connectivity index (χ4n) is 0.950. The number of nitrogens with zero attached hydrogens (tertiary/aromatic N) is 2. The minimum Gasteiger partial charge on any atom is -0.476 e. The van der Waals surface area contributed by atoms with E-state index in [9.17, 15) is 0 Å². The van der Waals surface area contributed by atoms with Crippen LogP contribution < -0.4 is 10.5 Å². The highest BCUT2D eigenvalue weighted by atomic mass is 16.5. The third-order valence-electron chi connectivity index (χ3n) is 1.82. The van der Waals surface area contributed by atoms with Gasteiger partial charge < -0.3 is 15.4 Å². The Morgan fingerprint density at radius 3 is 2.71 bits per heavy atom. The van der Waals surface area contributed by atoms with Gasteiger partial charge in [-0.25, -0.2) is 4.98 Å². The van der Waals surface area contributed by atoms with Crippen LogP contribution in [0.1, 0.15) is 5.56 Å². The molecule has 0 aliphatic carbocycles. The molecular weight excluding hydrogens is 178 g/mol. The quantitative estimate of drug-likeness (QED) is 0.742. The molecule has 0 bridgehead atoms. The highest BCUT2D eigenvalue weighted by molar-refractivity contribution is 5.17. The lowest BCUT2D eigenvalue weighted by molar-refractivity contribution is 0.254. The number of ether oxygens (including phenoxy) is 1. The van der Waals surface area contributed by atoms with Gasteiger partial charge in [-0.1, -0.05) is 6.07 Å². The van der Waals surface area contributed by atoms with Gasteiger partial charge in [0.05, 0.1) is 0 Å². The number of pyridine rings is 1. The molecule has 1 heterocycles. The first kappa shape index (κ1) is 10.9. The summed E-state index contributed by atoms with van der Waals surface area (Å²) in [5.41, 5.74) is 6.47. The maximum Gasteiger partial charge on any atom is 0.213 e. The summed E-state index contributed by atoms with van der Waals surface area (Å²) in [6.45, 7) is 2.06. The van der Waals surface area contributed by atoms with Crippen molar-refractivity contribution in [3.8, 4) is 5.88 Å². The Labute approximate surface area is 84.7 Å². The standard InChI is InChI=1S/C10H17N3O/c1-13(2)5-6-14-10-4-3-9(7-11)8-12-10/h3-4,8H,5-7,11H2,1-2H3. The molecule has 0 unspecified atom stereocenters. The van der Waals surface area contributed by atoms with Crippen molar-refractivity contribution >= 4 is 0 Å². The lowest BCUT2D eigenvalue weighted by Crippen LogP contribution is -2.19. The zero-order valence-electron chi connectivity index (χ0n) is 8.73. The van der Waals surface area contributed by atoms with E-state index < -0.39 is 0 Å². The molecule has 0 aliphatic rings. The van der Waals surface area contributed by atoms with E-state index >= 15 is 0 Å². The second-order valence-electron chi connectivity index (χ2n) is 3.36. The summed E-state index contributed by atoms with van der Waals surface area (Å²) in [6, 6.07) is 3.77. The van der Waals surface area contributed by atoms with E-state index in [0.29, 0.717) is 19.0 Å². The van der Waals surface area contributed by atoms with Crippen LogP contribution in [-0.4, -0.2) is 37.1 Å². The fourth-order valence-corrected chi connectivity index (χ4v) is 0.950.